The normalized spacial score (nSPS) is 25.3. The average Bonchev–Trinajstić information content (AvgIpc) is 2.30. The first-order chi connectivity index (χ1) is 8.34. The van der Waals surface area contributed by atoms with Crippen LogP contribution in [0.25, 0.3) is 0 Å². The van der Waals surface area contributed by atoms with Crippen LogP contribution in [-0.2, 0) is 0 Å². The summed E-state index contributed by atoms with van der Waals surface area (Å²) in [6, 6.07) is 3.63. The van der Waals surface area contributed by atoms with Gasteiger partial charge in [0.05, 0.1) is 4.92 Å². The number of para-hydroxylation sites is 1. The maximum atomic E-state index is 13.6. The van der Waals surface area contributed by atoms with Gasteiger partial charge in [0.15, 0.2) is 5.82 Å². The van der Waals surface area contributed by atoms with Gasteiger partial charge in [-0.25, -0.2) is 4.39 Å². The van der Waals surface area contributed by atoms with Crippen LogP contribution in [0.4, 0.5) is 10.1 Å². The number of nitrogens with zero attached hydrogens (tertiary/aromatic N) is 1. The zero-order valence-corrected chi connectivity index (χ0v) is 10.2. The van der Waals surface area contributed by atoms with Gasteiger partial charge >= 0.3 is 5.69 Å². The minimum absolute atomic E-state index is 0.0340. The third kappa shape index (κ3) is 1.92. The molecule has 0 spiro atoms. The van der Waals surface area contributed by atoms with Gasteiger partial charge in [-0.15, -0.1) is 0 Å². The monoisotopic (exact) mass is 254 g/mol. The predicted molar refractivity (Wildman–Crippen MR) is 63.8 cm³/mol. The molecule has 2 N–H and O–H groups in total. The minimum Gasteiger partial charge on any atom is -0.481 e. The molecule has 2 unspecified atom stereocenters. The van der Waals surface area contributed by atoms with Crippen molar-refractivity contribution < 1.29 is 14.1 Å². The molecule has 2 atom stereocenters. The van der Waals surface area contributed by atoms with Gasteiger partial charge < -0.3 is 10.5 Å². The largest absolute Gasteiger partial charge is 0.481 e. The second kappa shape index (κ2) is 4.20. The molecule has 1 aliphatic carbocycles. The highest BCUT2D eigenvalue weighted by Crippen LogP contribution is 2.43. The van der Waals surface area contributed by atoms with Crippen LogP contribution in [0, 0.1) is 21.3 Å². The topological polar surface area (TPSA) is 78.4 Å². The molecule has 0 amide bonds. The van der Waals surface area contributed by atoms with Gasteiger partial charge in [-0.3, -0.25) is 10.1 Å². The van der Waals surface area contributed by atoms with Crippen LogP contribution in [0.2, 0.25) is 0 Å². The van der Waals surface area contributed by atoms with Gasteiger partial charge in [-0.05, 0) is 6.07 Å². The van der Waals surface area contributed by atoms with Crippen molar-refractivity contribution in [1.82, 2.24) is 0 Å². The van der Waals surface area contributed by atoms with Crippen LogP contribution in [0.5, 0.6) is 5.75 Å². The number of benzene rings is 1. The second-order valence-corrected chi connectivity index (χ2v) is 5.12. The van der Waals surface area contributed by atoms with Crippen molar-refractivity contribution in [2.75, 3.05) is 0 Å². The lowest BCUT2D eigenvalue weighted by Gasteiger charge is -2.49. The van der Waals surface area contributed by atoms with E-state index in [1.165, 1.54) is 12.1 Å². The second-order valence-electron chi connectivity index (χ2n) is 5.12. The SMILES string of the molecule is CC1(C)C(N)CC1Oc1c(F)cccc1[N+](=O)[O-]. The smallest absolute Gasteiger partial charge is 0.314 e. The first-order valence-corrected chi connectivity index (χ1v) is 5.69. The van der Waals surface area contributed by atoms with Gasteiger partial charge in [-0.1, -0.05) is 19.9 Å². The lowest BCUT2D eigenvalue weighted by Crippen LogP contribution is -2.60. The summed E-state index contributed by atoms with van der Waals surface area (Å²) < 4.78 is 19.1. The van der Waals surface area contributed by atoms with Crippen molar-refractivity contribution in [3.8, 4) is 5.75 Å². The summed E-state index contributed by atoms with van der Waals surface area (Å²) in [4.78, 5) is 10.2. The molecule has 1 saturated carbocycles. The summed E-state index contributed by atoms with van der Waals surface area (Å²) in [6.45, 7) is 3.80. The van der Waals surface area contributed by atoms with Crippen LogP contribution < -0.4 is 10.5 Å². The van der Waals surface area contributed by atoms with Crippen molar-refractivity contribution in [1.29, 1.82) is 0 Å². The van der Waals surface area contributed by atoms with E-state index >= 15 is 0 Å². The number of hydrogen-bond donors (Lipinski definition) is 1. The van der Waals surface area contributed by atoms with Gasteiger partial charge in [0.2, 0.25) is 5.75 Å². The van der Waals surface area contributed by atoms with Crippen LogP contribution in [0.3, 0.4) is 0 Å². The van der Waals surface area contributed by atoms with E-state index in [1.54, 1.807) is 0 Å². The summed E-state index contributed by atoms with van der Waals surface area (Å²) in [5.74, 6) is -1.02. The molecule has 0 radical (unpaired) electrons. The number of nitro benzene ring substituents is 1. The number of rotatable bonds is 3. The Balaban J connectivity index is 2.27. The maximum Gasteiger partial charge on any atom is 0.314 e. The summed E-state index contributed by atoms with van der Waals surface area (Å²) in [6.07, 6.45) is 0.265. The minimum atomic E-state index is -0.722. The standard InChI is InChI=1S/C12H15FN2O3/c1-12(2)9(14)6-10(12)18-11-7(13)4-3-5-8(11)15(16)17/h3-5,9-10H,6,14H2,1-2H3. The molecule has 18 heavy (non-hydrogen) atoms. The van der Waals surface area contributed by atoms with Crippen molar-refractivity contribution in [2.45, 2.75) is 32.4 Å². The van der Waals surface area contributed by atoms with E-state index in [1.807, 2.05) is 13.8 Å². The Morgan fingerprint density at radius 2 is 2.22 bits per heavy atom. The van der Waals surface area contributed by atoms with Crippen molar-refractivity contribution in [3.05, 3.63) is 34.1 Å². The Morgan fingerprint density at radius 3 is 2.72 bits per heavy atom. The molecule has 1 aromatic carbocycles. The highest BCUT2D eigenvalue weighted by molar-refractivity contribution is 5.47. The molecule has 0 aliphatic heterocycles. The zero-order chi connectivity index (χ0) is 13.5. The lowest BCUT2D eigenvalue weighted by molar-refractivity contribution is -0.386. The highest BCUT2D eigenvalue weighted by Gasteiger charge is 2.48. The number of hydrogen-bond acceptors (Lipinski definition) is 4. The van der Waals surface area contributed by atoms with Crippen LogP contribution in [-0.4, -0.2) is 17.1 Å². The Kier molecular flexibility index (Phi) is 2.98. The highest BCUT2D eigenvalue weighted by atomic mass is 19.1. The number of nitro groups is 1. The van der Waals surface area contributed by atoms with E-state index in [4.69, 9.17) is 10.5 Å². The fourth-order valence-electron chi connectivity index (χ4n) is 2.02. The zero-order valence-electron chi connectivity index (χ0n) is 10.2. The maximum absolute atomic E-state index is 13.6. The van der Waals surface area contributed by atoms with Crippen LogP contribution in [0.1, 0.15) is 20.3 Å². The van der Waals surface area contributed by atoms with Crippen molar-refractivity contribution in [3.63, 3.8) is 0 Å². The van der Waals surface area contributed by atoms with E-state index in [0.29, 0.717) is 6.42 Å². The fraction of sp³-hybridized carbons (Fsp3) is 0.500. The van der Waals surface area contributed by atoms with E-state index in [0.717, 1.165) is 6.07 Å². The van der Waals surface area contributed by atoms with E-state index in [9.17, 15) is 14.5 Å². The molecule has 1 aliphatic rings. The van der Waals surface area contributed by atoms with Gasteiger partial charge in [0.1, 0.15) is 6.10 Å². The molecular formula is C12H15FN2O3. The third-order valence-electron chi connectivity index (χ3n) is 3.66. The summed E-state index contributed by atoms with van der Waals surface area (Å²) >= 11 is 0. The summed E-state index contributed by atoms with van der Waals surface area (Å²) in [5, 5.41) is 10.8. The van der Waals surface area contributed by atoms with Gasteiger partial charge in [-0.2, -0.15) is 0 Å². The molecule has 98 valence electrons. The molecule has 0 bridgehead atoms. The molecule has 2 rings (SSSR count). The fourth-order valence-corrected chi connectivity index (χ4v) is 2.02. The lowest BCUT2D eigenvalue weighted by atomic mass is 9.65. The van der Waals surface area contributed by atoms with Gasteiger partial charge in [0, 0.05) is 23.9 Å². The predicted octanol–water partition coefficient (Wildman–Crippen LogP) is 2.24. The van der Waals surface area contributed by atoms with Gasteiger partial charge in [0.25, 0.3) is 0 Å². The molecule has 0 aromatic heterocycles. The molecule has 5 nitrogen and oxygen atoms in total. The van der Waals surface area contributed by atoms with Crippen LogP contribution >= 0.6 is 0 Å². The number of nitrogens with two attached hydrogens (primary N) is 1. The number of halogens is 1. The first-order valence-electron chi connectivity index (χ1n) is 5.69. The quantitative estimate of drug-likeness (QED) is 0.662. The summed E-state index contributed by atoms with van der Waals surface area (Å²) in [7, 11) is 0. The Morgan fingerprint density at radius 1 is 1.56 bits per heavy atom. The van der Waals surface area contributed by atoms with E-state index < -0.39 is 10.7 Å². The Bertz CT molecular complexity index is 490. The average molecular weight is 254 g/mol. The molecular weight excluding hydrogens is 239 g/mol. The first kappa shape index (κ1) is 12.8. The van der Waals surface area contributed by atoms with Crippen LogP contribution in [0.15, 0.2) is 18.2 Å². The molecule has 0 heterocycles. The molecule has 6 heteroatoms. The van der Waals surface area contributed by atoms with Crippen molar-refractivity contribution >= 4 is 5.69 Å². The van der Waals surface area contributed by atoms with Crippen molar-refractivity contribution in [2.24, 2.45) is 11.1 Å². The molecule has 1 fully saturated rings. The summed E-state index contributed by atoms with van der Waals surface area (Å²) in [5.41, 5.74) is 5.16. The van der Waals surface area contributed by atoms with E-state index in [2.05, 4.69) is 0 Å². The molecule has 1 aromatic rings. The third-order valence-corrected chi connectivity index (χ3v) is 3.66. The number of ether oxygens (including phenoxy) is 1. The Labute approximate surface area is 104 Å². The Hall–Kier alpha value is -1.69. The molecule has 0 saturated heterocycles. The van der Waals surface area contributed by atoms with E-state index in [-0.39, 0.29) is 29.0 Å².